The van der Waals surface area contributed by atoms with Crippen molar-refractivity contribution in [3.63, 3.8) is 0 Å². The van der Waals surface area contributed by atoms with Crippen LogP contribution in [0.2, 0.25) is 10.0 Å². The van der Waals surface area contributed by atoms with E-state index in [-0.39, 0.29) is 0 Å². The Kier molecular flexibility index (Phi) is 4.55. The third-order valence-corrected chi connectivity index (χ3v) is 4.90. The molecule has 0 radical (unpaired) electrons. The fraction of sp³-hybridized carbons (Fsp3) is 0.200. The molecule has 2 aromatic carbocycles. The van der Waals surface area contributed by atoms with E-state index in [9.17, 15) is 0 Å². The first-order valence-corrected chi connectivity index (χ1v) is 8.23. The van der Waals surface area contributed by atoms with Crippen molar-refractivity contribution in [1.29, 1.82) is 0 Å². The van der Waals surface area contributed by atoms with Gasteiger partial charge in [0.05, 0.1) is 5.38 Å². The van der Waals surface area contributed by atoms with Crippen LogP contribution in [0.4, 0.5) is 0 Å². The van der Waals surface area contributed by atoms with Gasteiger partial charge in [0.15, 0.2) is 11.5 Å². The van der Waals surface area contributed by atoms with Crippen molar-refractivity contribution in [3.05, 3.63) is 56.0 Å². The molecule has 1 heterocycles. The summed E-state index contributed by atoms with van der Waals surface area (Å²) in [5, 5.41) is 0.719. The molecule has 0 saturated carbocycles. The Labute approximate surface area is 146 Å². The van der Waals surface area contributed by atoms with E-state index < -0.39 is 5.38 Å². The second-order valence-corrected chi connectivity index (χ2v) is 6.68. The SMILES string of the molecule is Clc1ccc(Cl)c(C(Cl)c2cc3c(cc2Br)OCCO3)c1. The highest BCUT2D eigenvalue weighted by Crippen LogP contribution is 2.43. The number of rotatable bonds is 2. The Hall–Kier alpha value is -0.610. The third-order valence-electron chi connectivity index (χ3n) is 3.17. The highest BCUT2D eigenvalue weighted by Gasteiger charge is 2.22. The predicted molar refractivity (Wildman–Crippen MR) is 89.3 cm³/mol. The predicted octanol–water partition coefficient (Wildman–Crippen LogP) is 5.86. The lowest BCUT2D eigenvalue weighted by atomic mass is 10.0. The first kappa shape index (κ1) is 15.3. The van der Waals surface area contributed by atoms with Gasteiger partial charge in [-0.25, -0.2) is 0 Å². The van der Waals surface area contributed by atoms with E-state index in [0.29, 0.717) is 34.8 Å². The van der Waals surface area contributed by atoms with Crippen molar-refractivity contribution in [3.8, 4) is 11.5 Å². The minimum Gasteiger partial charge on any atom is -0.486 e. The molecule has 0 saturated heterocycles. The summed E-state index contributed by atoms with van der Waals surface area (Å²) in [6.07, 6.45) is 0. The first-order valence-electron chi connectivity index (χ1n) is 6.24. The van der Waals surface area contributed by atoms with Gasteiger partial charge >= 0.3 is 0 Å². The Balaban J connectivity index is 2.05. The Morgan fingerprint density at radius 2 is 1.62 bits per heavy atom. The summed E-state index contributed by atoms with van der Waals surface area (Å²) in [6, 6.07) is 8.96. The molecule has 1 unspecified atom stereocenters. The molecule has 3 rings (SSSR count). The third kappa shape index (κ3) is 3.11. The zero-order valence-corrected chi connectivity index (χ0v) is 14.6. The van der Waals surface area contributed by atoms with Gasteiger partial charge < -0.3 is 9.47 Å². The number of hydrogen-bond acceptors (Lipinski definition) is 2. The molecule has 2 aromatic rings. The highest BCUT2D eigenvalue weighted by molar-refractivity contribution is 9.10. The van der Waals surface area contributed by atoms with Crippen molar-refractivity contribution in [2.24, 2.45) is 0 Å². The van der Waals surface area contributed by atoms with Gasteiger partial charge in [-0.1, -0.05) is 39.1 Å². The molecule has 0 bridgehead atoms. The topological polar surface area (TPSA) is 18.5 Å². The lowest BCUT2D eigenvalue weighted by molar-refractivity contribution is 0.171. The lowest BCUT2D eigenvalue weighted by Crippen LogP contribution is -2.15. The van der Waals surface area contributed by atoms with Crippen molar-refractivity contribution in [1.82, 2.24) is 0 Å². The monoisotopic (exact) mass is 406 g/mol. The standard InChI is InChI=1S/C15H10BrCl3O2/c16-11-7-14-13(20-3-4-21-14)6-9(11)15(19)10-5-8(17)1-2-12(10)18/h1-2,5-7,15H,3-4H2. The summed E-state index contributed by atoms with van der Waals surface area (Å²) in [6.45, 7) is 1.07. The largest absolute Gasteiger partial charge is 0.486 e. The van der Waals surface area contributed by atoms with E-state index >= 15 is 0 Å². The van der Waals surface area contributed by atoms with Gasteiger partial charge in [0.25, 0.3) is 0 Å². The smallest absolute Gasteiger partial charge is 0.162 e. The number of alkyl halides is 1. The van der Waals surface area contributed by atoms with Crippen LogP contribution in [0.25, 0.3) is 0 Å². The van der Waals surface area contributed by atoms with Crippen LogP contribution in [0.1, 0.15) is 16.5 Å². The van der Waals surface area contributed by atoms with E-state index in [1.807, 2.05) is 12.1 Å². The number of benzene rings is 2. The lowest BCUT2D eigenvalue weighted by Gasteiger charge is -2.22. The molecule has 0 spiro atoms. The fourth-order valence-electron chi connectivity index (χ4n) is 2.15. The maximum absolute atomic E-state index is 6.59. The van der Waals surface area contributed by atoms with E-state index in [2.05, 4.69) is 15.9 Å². The molecule has 1 aliphatic heterocycles. The van der Waals surface area contributed by atoms with Crippen LogP contribution in [0.3, 0.4) is 0 Å². The molecule has 0 aliphatic carbocycles. The molecular weight excluding hydrogens is 398 g/mol. The Morgan fingerprint density at radius 3 is 2.33 bits per heavy atom. The normalized spacial score (nSPS) is 14.9. The van der Waals surface area contributed by atoms with Crippen LogP contribution in [0.15, 0.2) is 34.8 Å². The summed E-state index contributed by atoms with van der Waals surface area (Å²) in [5.41, 5.74) is 1.60. The van der Waals surface area contributed by atoms with Crippen molar-refractivity contribution in [2.75, 3.05) is 13.2 Å². The minimum absolute atomic E-state index is 0.443. The molecule has 2 nitrogen and oxygen atoms in total. The van der Waals surface area contributed by atoms with Gasteiger partial charge in [-0.3, -0.25) is 0 Å². The molecule has 0 amide bonds. The van der Waals surface area contributed by atoms with Crippen molar-refractivity contribution < 1.29 is 9.47 Å². The molecule has 21 heavy (non-hydrogen) atoms. The summed E-state index contributed by atoms with van der Waals surface area (Å²) in [5.74, 6) is 1.39. The summed E-state index contributed by atoms with van der Waals surface area (Å²) < 4.78 is 12.0. The van der Waals surface area contributed by atoms with Crippen LogP contribution in [0, 0.1) is 0 Å². The van der Waals surface area contributed by atoms with E-state index in [4.69, 9.17) is 44.3 Å². The van der Waals surface area contributed by atoms with Crippen LogP contribution in [0.5, 0.6) is 11.5 Å². The van der Waals surface area contributed by atoms with Gasteiger partial charge in [-0.2, -0.15) is 0 Å². The maximum atomic E-state index is 6.59. The Bertz CT molecular complexity index is 691. The van der Waals surface area contributed by atoms with Crippen LogP contribution in [-0.2, 0) is 0 Å². The number of fused-ring (bicyclic) bond motifs is 1. The van der Waals surface area contributed by atoms with E-state index in [1.54, 1.807) is 18.2 Å². The van der Waals surface area contributed by atoms with Crippen LogP contribution in [-0.4, -0.2) is 13.2 Å². The van der Waals surface area contributed by atoms with Gasteiger partial charge in [0, 0.05) is 14.5 Å². The van der Waals surface area contributed by atoms with Crippen LogP contribution < -0.4 is 9.47 Å². The average Bonchev–Trinajstić information content (AvgIpc) is 2.48. The molecule has 0 aromatic heterocycles. The van der Waals surface area contributed by atoms with E-state index in [0.717, 1.165) is 15.6 Å². The molecule has 6 heteroatoms. The minimum atomic E-state index is -0.443. The van der Waals surface area contributed by atoms with Gasteiger partial charge in [0.1, 0.15) is 13.2 Å². The van der Waals surface area contributed by atoms with Gasteiger partial charge in [-0.15, -0.1) is 11.6 Å². The first-order chi connectivity index (χ1) is 10.1. The summed E-state index contributed by atoms with van der Waals surface area (Å²) in [7, 11) is 0. The van der Waals surface area contributed by atoms with Crippen LogP contribution >= 0.6 is 50.7 Å². The van der Waals surface area contributed by atoms with E-state index in [1.165, 1.54) is 0 Å². The van der Waals surface area contributed by atoms with Gasteiger partial charge in [0.2, 0.25) is 0 Å². The number of ether oxygens (including phenoxy) is 2. The molecule has 110 valence electrons. The quantitative estimate of drug-likeness (QED) is 0.580. The molecular formula is C15H10BrCl3O2. The molecule has 0 N–H and O–H groups in total. The van der Waals surface area contributed by atoms with Gasteiger partial charge in [-0.05, 0) is 41.5 Å². The van der Waals surface area contributed by atoms with Crippen molar-refractivity contribution in [2.45, 2.75) is 5.38 Å². The number of hydrogen-bond donors (Lipinski definition) is 0. The zero-order chi connectivity index (χ0) is 15.0. The second-order valence-electron chi connectivity index (χ2n) is 4.55. The van der Waals surface area contributed by atoms with Crippen molar-refractivity contribution >= 4 is 50.7 Å². The average molecular weight is 409 g/mol. The number of halogens is 4. The summed E-state index contributed by atoms with van der Waals surface area (Å²) in [4.78, 5) is 0. The highest BCUT2D eigenvalue weighted by atomic mass is 79.9. The summed E-state index contributed by atoms with van der Waals surface area (Å²) >= 11 is 22.4. The second kappa shape index (κ2) is 6.25. The molecule has 1 aliphatic rings. The fourth-order valence-corrected chi connectivity index (χ4v) is 3.66. The Morgan fingerprint density at radius 1 is 0.952 bits per heavy atom. The molecule has 0 fully saturated rings. The molecule has 1 atom stereocenters. The zero-order valence-electron chi connectivity index (χ0n) is 10.7. The maximum Gasteiger partial charge on any atom is 0.162 e.